The van der Waals surface area contributed by atoms with E-state index in [9.17, 15) is 0 Å². The summed E-state index contributed by atoms with van der Waals surface area (Å²) in [6.45, 7) is 6.87. The number of alkyl halides is 1. The molecule has 0 fully saturated rings. The molecular formula is C18H29ClO2. The van der Waals surface area contributed by atoms with Crippen LogP contribution in [0.5, 0.6) is 5.75 Å². The van der Waals surface area contributed by atoms with Crippen molar-refractivity contribution in [2.45, 2.75) is 51.9 Å². The van der Waals surface area contributed by atoms with Crippen molar-refractivity contribution in [3.05, 3.63) is 29.8 Å². The van der Waals surface area contributed by atoms with Crippen LogP contribution < -0.4 is 4.74 Å². The second-order valence-electron chi connectivity index (χ2n) is 5.44. The molecule has 2 nitrogen and oxygen atoms in total. The maximum Gasteiger partial charge on any atom is 0.119 e. The molecule has 0 aromatic heterocycles. The first-order valence-electron chi connectivity index (χ1n) is 8.14. The molecule has 1 unspecified atom stereocenters. The number of rotatable bonds is 12. The van der Waals surface area contributed by atoms with Crippen LogP contribution in [0.2, 0.25) is 0 Å². The molecule has 0 saturated carbocycles. The lowest BCUT2D eigenvalue weighted by molar-refractivity contribution is 0.124. The molecule has 0 aliphatic heterocycles. The zero-order valence-corrected chi connectivity index (χ0v) is 14.2. The van der Waals surface area contributed by atoms with E-state index in [4.69, 9.17) is 21.1 Å². The Bertz CT molecular complexity index is 351. The standard InChI is InChI=1S/C18H29ClO2/c1-3-16(2)17-8-10-18(11-9-17)21-15-7-6-14-20-13-5-4-12-19/h8-11,16H,3-7,12-15H2,1-2H3. The molecule has 3 heteroatoms. The highest BCUT2D eigenvalue weighted by atomic mass is 35.5. The number of hydrogen-bond donors (Lipinski definition) is 0. The molecule has 120 valence electrons. The van der Waals surface area contributed by atoms with Crippen LogP contribution >= 0.6 is 11.6 Å². The van der Waals surface area contributed by atoms with Crippen molar-refractivity contribution in [2.24, 2.45) is 0 Å². The number of ether oxygens (including phenoxy) is 2. The molecule has 1 rings (SSSR count). The van der Waals surface area contributed by atoms with E-state index in [1.165, 1.54) is 12.0 Å². The van der Waals surface area contributed by atoms with Gasteiger partial charge < -0.3 is 9.47 Å². The van der Waals surface area contributed by atoms with Gasteiger partial charge in [-0.25, -0.2) is 0 Å². The molecular weight excluding hydrogens is 284 g/mol. The summed E-state index contributed by atoms with van der Waals surface area (Å²) in [5.74, 6) is 2.31. The monoisotopic (exact) mass is 312 g/mol. The normalized spacial score (nSPS) is 12.3. The van der Waals surface area contributed by atoms with Crippen LogP contribution in [0.3, 0.4) is 0 Å². The first-order chi connectivity index (χ1) is 10.3. The molecule has 1 aromatic rings. The van der Waals surface area contributed by atoms with E-state index < -0.39 is 0 Å². The summed E-state index contributed by atoms with van der Waals surface area (Å²) in [6, 6.07) is 8.49. The van der Waals surface area contributed by atoms with Crippen LogP contribution in [0.4, 0.5) is 0 Å². The predicted molar refractivity (Wildman–Crippen MR) is 90.7 cm³/mol. The van der Waals surface area contributed by atoms with Gasteiger partial charge in [0.05, 0.1) is 6.61 Å². The number of benzene rings is 1. The fourth-order valence-electron chi connectivity index (χ4n) is 2.03. The number of hydrogen-bond acceptors (Lipinski definition) is 2. The Morgan fingerprint density at radius 1 is 0.952 bits per heavy atom. The van der Waals surface area contributed by atoms with Crippen molar-refractivity contribution in [3.8, 4) is 5.75 Å². The third-order valence-corrected chi connectivity index (χ3v) is 3.95. The molecule has 0 amide bonds. The van der Waals surface area contributed by atoms with E-state index in [2.05, 4.69) is 38.1 Å². The lowest BCUT2D eigenvalue weighted by Gasteiger charge is -2.11. The smallest absolute Gasteiger partial charge is 0.119 e. The van der Waals surface area contributed by atoms with Crippen molar-refractivity contribution in [1.82, 2.24) is 0 Å². The maximum absolute atomic E-state index is 5.75. The van der Waals surface area contributed by atoms with Gasteiger partial charge in [-0.2, -0.15) is 0 Å². The van der Waals surface area contributed by atoms with Crippen molar-refractivity contribution in [2.75, 3.05) is 25.7 Å². The summed E-state index contributed by atoms with van der Waals surface area (Å²) in [4.78, 5) is 0. The lowest BCUT2D eigenvalue weighted by atomic mass is 9.99. The minimum atomic E-state index is 0.620. The molecule has 0 aliphatic carbocycles. The van der Waals surface area contributed by atoms with Crippen molar-refractivity contribution >= 4 is 11.6 Å². The van der Waals surface area contributed by atoms with Gasteiger partial charge in [-0.3, -0.25) is 0 Å². The summed E-state index contributed by atoms with van der Waals surface area (Å²) < 4.78 is 11.3. The van der Waals surface area contributed by atoms with E-state index in [1.54, 1.807) is 0 Å². The highest BCUT2D eigenvalue weighted by Crippen LogP contribution is 2.21. The minimum Gasteiger partial charge on any atom is -0.494 e. The Hall–Kier alpha value is -0.730. The summed E-state index contributed by atoms with van der Waals surface area (Å²) in [5.41, 5.74) is 1.38. The summed E-state index contributed by atoms with van der Waals surface area (Å²) in [5, 5.41) is 0. The molecule has 21 heavy (non-hydrogen) atoms. The summed E-state index contributed by atoms with van der Waals surface area (Å²) in [7, 11) is 0. The van der Waals surface area contributed by atoms with Crippen LogP contribution in [0.1, 0.15) is 57.4 Å². The zero-order chi connectivity index (χ0) is 15.3. The topological polar surface area (TPSA) is 18.5 Å². The Morgan fingerprint density at radius 3 is 2.19 bits per heavy atom. The van der Waals surface area contributed by atoms with Crippen LogP contribution in [0.25, 0.3) is 0 Å². The molecule has 1 aromatic carbocycles. The third kappa shape index (κ3) is 8.33. The second kappa shape index (κ2) is 11.9. The van der Waals surface area contributed by atoms with Gasteiger partial charge in [0, 0.05) is 19.1 Å². The maximum atomic E-state index is 5.75. The largest absolute Gasteiger partial charge is 0.494 e. The second-order valence-corrected chi connectivity index (χ2v) is 5.82. The van der Waals surface area contributed by atoms with Gasteiger partial charge in [0.2, 0.25) is 0 Å². The molecule has 0 heterocycles. The fraction of sp³-hybridized carbons (Fsp3) is 0.667. The van der Waals surface area contributed by atoms with Gasteiger partial charge in [0.15, 0.2) is 0 Å². The molecule has 1 atom stereocenters. The van der Waals surface area contributed by atoms with Crippen LogP contribution in [0.15, 0.2) is 24.3 Å². The molecule has 0 N–H and O–H groups in total. The Labute approximate surface area is 134 Å². The van der Waals surface area contributed by atoms with E-state index >= 15 is 0 Å². The minimum absolute atomic E-state index is 0.620. The summed E-state index contributed by atoms with van der Waals surface area (Å²) in [6.07, 6.45) is 5.35. The highest BCUT2D eigenvalue weighted by Gasteiger charge is 2.02. The first kappa shape index (κ1) is 18.3. The van der Waals surface area contributed by atoms with Gasteiger partial charge in [-0.1, -0.05) is 26.0 Å². The van der Waals surface area contributed by atoms with Crippen LogP contribution in [-0.2, 0) is 4.74 Å². The van der Waals surface area contributed by atoms with Crippen molar-refractivity contribution in [1.29, 1.82) is 0 Å². The van der Waals surface area contributed by atoms with E-state index in [-0.39, 0.29) is 0 Å². The average molecular weight is 313 g/mol. The van der Waals surface area contributed by atoms with Crippen molar-refractivity contribution < 1.29 is 9.47 Å². The van der Waals surface area contributed by atoms with Crippen LogP contribution in [-0.4, -0.2) is 25.7 Å². The average Bonchev–Trinajstić information content (AvgIpc) is 2.53. The van der Waals surface area contributed by atoms with E-state index in [0.717, 1.165) is 57.1 Å². The molecule has 0 radical (unpaired) electrons. The highest BCUT2D eigenvalue weighted by molar-refractivity contribution is 6.17. The van der Waals surface area contributed by atoms with Gasteiger partial charge in [0.1, 0.15) is 5.75 Å². The first-order valence-corrected chi connectivity index (χ1v) is 8.67. The fourth-order valence-corrected chi connectivity index (χ4v) is 2.21. The molecule has 0 bridgehead atoms. The van der Waals surface area contributed by atoms with E-state index in [0.29, 0.717) is 5.92 Å². The van der Waals surface area contributed by atoms with Gasteiger partial charge in [-0.05, 0) is 55.7 Å². The number of unbranched alkanes of at least 4 members (excludes halogenated alkanes) is 2. The quantitative estimate of drug-likeness (QED) is 0.380. The lowest BCUT2D eigenvalue weighted by Crippen LogP contribution is -2.02. The summed E-state index contributed by atoms with van der Waals surface area (Å²) >= 11 is 5.60. The predicted octanol–water partition coefficient (Wildman–Crippen LogP) is 5.39. The number of halogens is 1. The van der Waals surface area contributed by atoms with Gasteiger partial charge in [0.25, 0.3) is 0 Å². The molecule has 0 aliphatic rings. The SMILES string of the molecule is CCC(C)c1ccc(OCCCCOCCCCCl)cc1. The third-order valence-electron chi connectivity index (χ3n) is 3.69. The van der Waals surface area contributed by atoms with Crippen LogP contribution in [0, 0.1) is 0 Å². The van der Waals surface area contributed by atoms with E-state index in [1.807, 2.05) is 0 Å². The molecule has 0 spiro atoms. The molecule has 0 saturated heterocycles. The Balaban J connectivity index is 2.05. The Kier molecular flexibility index (Phi) is 10.4. The van der Waals surface area contributed by atoms with Crippen molar-refractivity contribution in [3.63, 3.8) is 0 Å². The van der Waals surface area contributed by atoms with Gasteiger partial charge >= 0.3 is 0 Å². The zero-order valence-electron chi connectivity index (χ0n) is 13.4. The Morgan fingerprint density at radius 2 is 1.57 bits per heavy atom. The van der Waals surface area contributed by atoms with Gasteiger partial charge in [-0.15, -0.1) is 11.6 Å².